The van der Waals surface area contributed by atoms with Gasteiger partial charge >= 0.3 is 0 Å². The quantitative estimate of drug-likeness (QED) is 0.766. The zero-order chi connectivity index (χ0) is 9.97. The Labute approximate surface area is 82.4 Å². The average Bonchev–Trinajstić information content (AvgIpc) is 2.70. The first-order chi connectivity index (χ1) is 6.81. The van der Waals surface area contributed by atoms with Gasteiger partial charge in [0, 0.05) is 36.4 Å². The van der Waals surface area contributed by atoms with Crippen molar-refractivity contribution in [3.05, 3.63) is 42.0 Å². The van der Waals surface area contributed by atoms with Gasteiger partial charge in [-0.15, -0.1) is 0 Å². The van der Waals surface area contributed by atoms with Gasteiger partial charge in [0.25, 0.3) is 0 Å². The molecule has 0 atom stereocenters. The highest BCUT2D eigenvalue weighted by atomic mass is 15.3. The largest absolute Gasteiger partial charge is 0.326 e. The standard InChI is InChI=1S/C10H12N4/c1-8-5-10(9(6-11)7-12-8)14-4-2-3-13-14/h2-5,7H,6,11H2,1H3. The number of aromatic nitrogens is 3. The molecule has 2 aromatic heterocycles. The molecule has 0 radical (unpaired) electrons. The third-order valence-electron chi connectivity index (χ3n) is 2.07. The number of hydrogen-bond acceptors (Lipinski definition) is 3. The van der Waals surface area contributed by atoms with E-state index in [4.69, 9.17) is 5.73 Å². The van der Waals surface area contributed by atoms with Crippen molar-refractivity contribution in [2.45, 2.75) is 13.5 Å². The van der Waals surface area contributed by atoms with Gasteiger partial charge in [0.15, 0.2) is 0 Å². The Morgan fingerprint density at radius 2 is 2.36 bits per heavy atom. The first kappa shape index (κ1) is 8.90. The van der Waals surface area contributed by atoms with Gasteiger partial charge in [0.05, 0.1) is 5.69 Å². The molecular formula is C10H12N4. The van der Waals surface area contributed by atoms with Crippen molar-refractivity contribution in [2.24, 2.45) is 5.73 Å². The van der Waals surface area contributed by atoms with E-state index in [0.29, 0.717) is 6.54 Å². The number of rotatable bonds is 2. The lowest BCUT2D eigenvalue weighted by molar-refractivity contribution is 0.849. The Hall–Kier alpha value is -1.68. The molecular weight excluding hydrogens is 176 g/mol. The summed E-state index contributed by atoms with van der Waals surface area (Å²) in [5.41, 5.74) is 8.60. The van der Waals surface area contributed by atoms with Crippen LogP contribution in [0.4, 0.5) is 0 Å². The molecule has 0 aliphatic heterocycles. The lowest BCUT2D eigenvalue weighted by Gasteiger charge is -2.07. The third-order valence-corrected chi connectivity index (χ3v) is 2.07. The Kier molecular flexibility index (Phi) is 2.28. The summed E-state index contributed by atoms with van der Waals surface area (Å²) in [5.74, 6) is 0. The van der Waals surface area contributed by atoms with E-state index in [-0.39, 0.29) is 0 Å². The molecule has 4 heteroatoms. The van der Waals surface area contributed by atoms with Crippen molar-refractivity contribution in [2.75, 3.05) is 0 Å². The Morgan fingerprint density at radius 1 is 1.50 bits per heavy atom. The van der Waals surface area contributed by atoms with Gasteiger partial charge in [-0.25, -0.2) is 4.68 Å². The molecule has 0 aromatic carbocycles. The average molecular weight is 188 g/mol. The van der Waals surface area contributed by atoms with Crippen molar-refractivity contribution in [3.8, 4) is 5.69 Å². The maximum absolute atomic E-state index is 5.63. The molecule has 0 unspecified atom stereocenters. The van der Waals surface area contributed by atoms with E-state index in [2.05, 4.69) is 10.1 Å². The maximum Gasteiger partial charge on any atom is 0.0723 e. The number of nitrogens with zero attached hydrogens (tertiary/aromatic N) is 3. The van der Waals surface area contributed by atoms with Crippen molar-refractivity contribution in [1.29, 1.82) is 0 Å². The minimum absolute atomic E-state index is 0.475. The van der Waals surface area contributed by atoms with Crippen LogP contribution in [0.2, 0.25) is 0 Å². The van der Waals surface area contributed by atoms with Crippen LogP contribution in [0.25, 0.3) is 5.69 Å². The second kappa shape index (κ2) is 3.59. The first-order valence-corrected chi connectivity index (χ1v) is 4.47. The van der Waals surface area contributed by atoms with Gasteiger partial charge in [0.1, 0.15) is 0 Å². The first-order valence-electron chi connectivity index (χ1n) is 4.47. The third kappa shape index (κ3) is 1.52. The molecule has 0 spiro atoms. The molecule has 0 aliphatic rings. The van der Waals surface area contributed by atoms with E-state index in [1.54, 1.807) is 17.1 Å². The van der Waals surface area contributed by atoms with Crippen LogP contribution in [0.5, 0.6) is 0 Å². The van der Waals surface area contributed by atoms with Crippen molar-refractivity contribution >= 4 is 0 Å². The van der Waals surface area contributed by atoms with Crippen LogP contribution in [0.15, 0.2) is 30.7 Å². The molecule has 0 bridgehead atoms. The highest BCUT2D eigenvalue weighted by molar-refractivity contribution is 5.39. The van der Waals surface area contributed by atoms with Crippen LogP contribution >= 0.6 is 0 Å². The molecule has 14 heavy (non-hydrogen) atoms. The molecule has 0 fully saturated rings. The topological polar surface area (TPSA) is 56.7 Å². The summed E-state index contributed by atoms with van der Waals surface area (Å²) in [4.78, 5) is 4.20. The molecule has 4 nitrogen and oxygen atoms in total. The van der Waals surface area contributed by atoms with Gasteiger partial charge in [-0.3, -0.25) is 4.98 Å². The Morgan fingerprint density at radius 3 is 3.00 bits per heavy atom. The van der Waals surface area contributed by atoms with Crippen LogP contribution in [0.3, 0.4) is 0 Å². The molecule has 0 amide bonds. The predicted molar refractivity (Wildman–Crippen MR) is 54.0 cm³/mol. The van der Waals surface area contributed by atoms with Gasteiger partial charge in [-0.05, 0) is 19.1 Å². The van der Waals surface area contributed by atoms with E-state index < -0.39 is 0 Å². The minimum Gasteiger partial charge on any atom is -0.326 e. The number of pyridine rings is 1. The van der Waals surface area contributed by atoms with Crippen LogP contribution < -0.4 is 5.73 Å². The van der Waals surface area contributed by atoms with E-state index in [0.717, 1.165) is 16.9 Å². The zero-order valence-corrected chi connectivity index (χ0v) is 8.01. The summed E-state index contributed by atoms with van der Waals surface area (Å²) in [6.07, 6.45) is 5.44. The van der Waals surface area contributed by atoms with Gasteiger partial charge in [-0.1, -0.05) is 0 Å². The second-order valence-corrected chi connectivity index (χ2v) is 3.11. The minimum atomic E-state index is 0.475. The molecule has 2 heterocycles. The predicted octanol–water partition coefficient (Wildman–Crippen LogP) is 1.03. The molecule has 2 aromatic rings. The molecule has 0 saturated carbocycles. The summed E-state index contributed by atoms with van der Waals surface area (Å²) in [6.45, 7) is 2.43. The monoisotopic (exact) mass is 188 g/mol. The van der Waals surface area contributed by atoms with Crippen LogP contribution in [-0.2, 0) is 6.54 Å². The lowest BCUT2D eigenvalue weighted by Crippen LogP contribution is -2.06. The van der Waals surface area contributed by atoms with Crippen molar-refractivity contribution in [1.82, 2.24) is 14.8 Å². The SMILES string of the molecule is Cc1cc(-n2cccn2)c(CN)cn1. The van der Waals surface area contributed by atoms with Crippen molar-refractivity contribution < 1.29 is 0 Å². The Bertz CT molecular complexity index is 420. The molecule has 72 valence electrons. The zero-order valence-electron chi connectivity index (χ0n) is 8.01. The molecule has 0 aliphatic carbocycles. The fourth-order valence-corrected chi connectivity index (χ4v) is 1.36. The molecule has 0 saturated heterocycles. The van der Waals surface area contributed by atoms with Crippen LogP contribution in [-0.4, -0.2) is 14.8 Å². The normalized spacial score (nSPS) is 10.4. The van der Waals surface area contributed by atoms with E-state index in [9.17, 15) is 0 Å². The lowest BCUT2D eigenvalue weighted by atomic mass is 10.2. The van der Waals surface area contributed by atoms with E-state index >= 15 is 0 Å². The second-order valence-electron chi connectivity index (χ2n) is 3.11. The fourth-order valence-electron chi connectivity index (χ4n) is 1.36. The summed E-state index contributed by atoms with van der Waals surface area (Å²) in [6, 6.07) is 3.87. The van der Waals surface area contributed by atoms with Crippen LogP contribution in [0, 0.1) is 6.92 Å². The maximum atomic E-state index is 5.63. The smallest absolute Gasteiger partial charge is 0.0723 e. The summed E-state index contributed by atoms with van der Waals surface area (Å²) in [5, 5.41) is 4.17. The number of aryl methyl sites for hydroxylation is 1. The number of hydrogen-bond donors (Lipinski definition) is 1. The van der Waals surface area contributed by atoms with Gasteiger partial charge in [-0.2, -0.15) is 5.10 Å². The Balaban J connectivity index is 2.55. The highest BCUT2D eigenvalue weighted by Gasteiger charge is 2.03. The highest BCUT2D eigenvalue weighted by Crippen LogP contribution is 2.12. The molecule has 2 N–H and O–H groups in total. The van der Waals surface area contributed by atoms with Crippen LogP contribution in [0.1, 0.15) is 11.3 Å². The van der Waals surface area contributed by atoms with Crippen molar-refractivity contribution in [3.63, 3.8) is 0 Å². The van der Waals surface area contributed by atoms with E-state index in [1.807, 2.05) is 25.3 Å². The van der Waals surface area contributed by atoms with E-state index in [1.165, 1.54) is 0 Å². The summed E-state index contributed by atoms with van der Waals surface area (Å²) < 4.78 is 1.80. The van der Waals surface area contributed by atoms with Gasteiger partial charge < -0.3 is 5.73 Å². The fraction of sp³-hybridized carbons (Fsp3) is 0.200. The summed E-state index contributed by atoms with van der Waals surface area (Å²) in [7, 11) is 0. The van der Waals surface area contributed by atoms with Gasteiger partial charge in [0.2, 0.25) is 0 Å². The molecule has 2 rings (SSSR count). The number of nitrogens with two attached hydrogens (primary N) is 1. The summed E-state index contributed by atoms with van der Waals surface area (Å²) >= 11 is 0.